The number of carbonyl (C=O) groups excluding carboxylic acids is 1. The minimum Gasteiger partial charge on any atom is -0.378 e. The van der Waals surface area contributed by atoms with E-state index in [1.54, 1.807) is 54.6 Å². The Labute approximate surface area is 181 Å². The van der Waals surface area contributed by atoms with Gasteiger partial charge in [0.15, 0.2) is 5.75 Å². The van der Waals surface area contributed by atoms with Crippen LogP contribution in [0, 0.1) is 0 Å². The SMILES string of the molecule is O=C(N/N=C\c1cc(Br)ccc1OS(=O)(=O)c1ccccc1)c1ccc(Cl)cc1. The van der Waals surface area contributed by atoms with Gasteiger partial charge in [0.2, 0.25) is 0 Å². The number of amides is 1. The molecule has 0 saturated carbocycles. The van der Waals surface area contributed by atoms with Crippen molar-refractivity contribution >= 4 is 49.8 Å². The van der Waals surface area contributed by atoms with Crippen molar-refractivity contribution < 1.29 is 17.4 Å². The zero-order valence-corrected chi connectivity index (χ0v) is 17.9. The Morgan fingerprint density at radius 3 is 2.41 bits per heavy atom. The molecule has 0 aliphatic carbocycles. The lowest BCUT2D eigenvalue weighted by molar-refractivity contribution is 0.0955. The first kappa shape index (κ1) is 21.0. The molecule has 0 heterocycles. The van der Waals surface area contributed by atoms with Gasteiger partial charge >= 0.3 is 10.1 Å². The summed E-state index contributed by atoms with van der Waals surface area (Å²) in [6.45, 7) is 0. The van der Waals surface area contributed by atoms with Gasteiger partial charge in [0.05, 0.1) is 6.21 Å². The summed E-state index contributed by atoms with van der Waals surface area (Å²) >= 11 is 9.12. The van der Waals surface area contributed by atoms with Crippen molar-refractivity contribution in [1.82, 2.24) is 5.43 Å². The molecule has 29 heavy (non-hydrogen) atoms. The van der Waals surface area contributed by atoms with Crippen LogP contribution in [0.5, 0.6) is 5.75 Å². The number of nitrogens with one attached hydrogen (secondary N) is 1. The normalized spacial score (nSPS) is 11.4. The summed E-state index contributed by atoms with van der Waals surface area (Å²) in [5.74, 6) is -0.367. The van der Waals surface area contributed by atoms with Crippen LogP contribution in [-0.2, 0) is 10.1 Å². The fourth-order valence-corrected chi connectivity index (χ4v) is 3.76. The highest BCUT2D eigenvalue weighted by Gasteiger charge is 2.18. The molecule has 9 heteroatoms. The number of nitrogens with zero attached hydrogens (tertiary/aromatic N) is 1. The van der Waals surface area contributed by atoms with E-state index >= 15 is 0 Å². The predicted octanol–water partition coefficient (Wildman–Crippen LogP) is 4.63. The van der Waals surface area contributed by atoms with Crippen LogP contribution in [0.3, 0.4) is 0 Å². The van der Waals surface area contributed by atoms with Gasteiger partial charge in [-0.05, 0) is 54.6 Å². The second kappa shape index (κ2) is 9.21. The lowest BCUT2D eigenvalue weighted by atomic mass is 10.2. The molecule has 3 rings (SSSR count). The summed E-state index contributed by atoms with van der Waals surface area (Å²) in [6.07, 6.45) is 1.30. The second-order valence-corrected chi connectivity index (χ2v) is 8.64. The molecule has 1 N–H and O–H groups in total. The van der Waals surface area contributed by atoms with Gasteiger partial charge in [-0.3, -0.25) is 4.79 Å². The van der Waals surface area contributed by atoms with Gasteiger partial charge in [0, 0.05) is 20.6 Å². The summed E-state index contributed by atoms with van der Waals surface area (Å²) in [5, 5.41) is 4.41. The average molecular weight is 494 g/mol. The third kappa shape index (κ3) is 5.66. The zero-order chi connectivity index (χ0) is 20.9. The smallest absolute Gasteiger partial charge is 0.339 e. The molecule has 0 spiro atoms. The lowest BCUT2D eigenvalue weighted by Crippen LogP contribution is -2.17. The average Bonchev–Trinajstić information content (AvgIpc) is 2.71. The van der Waals surface area contributed by atoms with Gasteiger partial charge in [-0.1, -0.05) is 45.7 Å². The Hall–Kier alpha value is -2.68. The largest absolute Gasteiger partial charge is 0.378 e. The number of hydrazone groups is 1. The fourth-order valence-electron chi connectivity index (χ4n) is 2.28. The molecule has 0 fully saturated rings. The summed E-state index contributed by atoms with van der Waals surface area (Å²) in [7, 11) is -4.01. The van der Waals surface area contributed by atoms with Gasteiger partial charge in [-0.15, -0.1) is 0 Å². The topological polar surface area (TPSA) is 84.8 Å². The summed E-state index contributed by atoms with van der Waals surface area (Å²) in [6, 6.07) is 18.9. The fraction of sp³-hybridized carbons (Fsp3) is 0. The first-order valence-corrected chi connectivity index (χ1v) is 10.8. The first-order chi connectivity index (χ1) is 13.8. The van der Waals surface area contributed by atoms with Crippen LogP contribution >= 0.6 is 27.5 Å². The van der Waals surface area contributed by atoms with E-state index in [2.05, 4.69) is 26.5 Å². The van der Waals surface area contributed by atoms with E-state index in [0.717, 1.165) is 0 Å². The van der Waals surface area contributed by atoms with Gasteiger partial charge in [0.1, 0.15) is 4.90 Å². The Morgan fingerprint density at radius 2 is 1.72 bits per heavy atom. The molecule has 148 valence electrons. The number of hydrogen-bond acceptors (Lipinski definition) is 5. The van der Waals surface area contributed by atoms with Crippen molar-refractivity contribution in [1.29, 1.82) is 0 Å². The van der Waals surface area contributed by atoms with Crippen molar-refractivity contribution in [3.05, 3.63) is 93.4 Å². The molecular formula is C20H14BrClN2O4S. The van der Waals surface area contributed by atoms with Gasteiger partial charge in [0.25, 0.3) is 5.91 Å². The zero-order valence-electron chi connectivity index (χ0n) is 14.7. The summed E-state index contributed by atoms with van der Waals surface area (Å²) < 4.78 is 30.9. The Bertz CT molecular complexity index is 1150. The molecule has 0 saturated heterocycles. The number of rotatable bonds is 6. The van der Waals surface area contributed by atoms with Crippen LogP contribution in [0.1, 0.15) is 15.9 Å². The maximum atomic E-state index is 12.5. The lowest BCUT2D eigenvalue weighted by Gasteiger charge is -2.10. The molecule has 0 aromatic heterocycles. The van der Waals surface area contributed by atoms with Crippen LogP contribution in [0.2, 0.25) is 5.02 Å². The molecule has 3 aromatic rings. The summed E-state index contributed by atoms with van der Waals surface area (Å²) in [5.41, 5.74) is 3.11. The first-order valence-electron chi connectivity index (χ1n) is 8.23. The van der Waals surface area contributed by atoms with E-state index < -0.39 is 16.0 Å². The van der Waals surface area contributed by atoms with E-state index in [4.69, 9.17) is 15.8 Å². The third-order valence-corrected chi connectivity index (χ3v) is 5.67. The molecule has 6 nitrogen and oxygen atoms in total. The van der Waals surface area contributed by atoms with E-state index in [1.165, 1.54) is 24.4 Å². The molecule has 0 aliphatic rings. The maximum Gasteiger partial charge on any atom is 0.339 e. The van der Waals surface area contributed by atoms with E-state index in [1.807, 2.05) is 0 Å². The number of halogens is 2. The molecule has 0 unspecified atom stereocenters. The van der Waals surface area contributed by atoms with Crippen LogP contribution < -0.4 is 9.61 Å². The monoisotopic (exact) mass is 492 g/mol. The van der Waals surface area contributed by atoms with Crippen molar-refractivity contribution in [3.8, 4) is 5.75 Å². The van der Waals surface area contributed by atoms with Gasteiger partial charge in [-0.2, -0.15) is 13.5 Å². The van der Waals surface area contributed by atoms with E-state index in [-0.39, 0.29) is 10.6 Å². The standard InChI is InChI=1S/C20H14BrClN2O4S/c21-16-8-11-19(28-29(26,27)18-4-2-1-3-5-18)15(12-16)13-23-24-20(25)14-6-9-17(22)10-7-14/h1-13H,(H,24,25)/b23-13-. The molecule has 0 radical (unpaired) electrons. The van der Waals surface area contributed by atoms with Crippen LogP contribution in [0.4, 0.5) is 0 Å². The van der Waals surface area contributed by atoms with Crippen LogP contribution in [-0.4, -0.2) is 20.5 Å². The van der Waals surface area contributed by atoms with Crippen molar-refractivity contribution in [2.75, 3.05) is 0 Å². The molecule has 1 amide bonds. The maximum absolute atomic E-state index is 12.5. The Morgan fingerprint density at radius 1 is 1.03 bits per heavy atom. The predicted molar refractivity (Wildman–Crippen MR) is 115 cm³/mol. The highest BCUT2D eigenvalue weighted by atomic mass is 79.9. The summed E-state index contributed by atoms with van der Waals surface area (Å²) in [4.78, 5) is 12.1. The highest BCUT2D eigenvalue weighted by molar-refractivity contribution is 9.10. The van der Waals surface area contributed by atoms with Crippen LogP contribution in [0.15, 0.2) is 87.3 Å². The minimum atomic E-state index is -4.01. The molecule has 0 atom stereocenters. The molecule has 0 bridgehead atoms. The highest BCUT2D eigenvalue weighted by Crippen LogP contribution is 2.25. The quantitative estimate of drug-likeness (QED) is 0.308. The Balaban J connectivity index is 1.79. The van der Waals surface area contributed by atoms with Crippen LogP contribution in [0.25, 0.3) is 0 Å². The number of carbonyl (C=O) groups is 1. The molecular weight excluding hydrogens is 480 g/mol. The van der Waals surface area contributed by atoms with Crippen molar-refractivity contribution in [2.24, 2.45) is 5.10 Å². The third-order valence-electron chi connectivity index (χ3n) is 3.68. The van der Waals surface area contributed by atoms with Crippen molar-refractivity contribution in [2.45, 2.75) is 4.90 Å². The minimum absolute atomic E-state index is 0.0295. The van der Waals surface area contributed by atoms with Gasteiger partial charge < -0.3 is 4.18 Å². The number of hydrogen-bond donors (Lipinski definition) is 1. The van der Waals surface area contributed by atoms with E-state index in [0.29, 0.717) is 20.6 Å². The molecule has 3 aromatic carbocycles. The number of benzene rings is 3. The molecule has 0 aliphatic heterocycles. The van der Waals surface area contributed by atoms with Gasteiger partial charge in [-0.25, -0.2) is 5.43 Å². The van der Waals surface area contributed by atoms with E-state index in [9.17, 15) is 13.2 Å². The Kier molecular flexibility index (Phi) is 6.68. The van der Waals surface area contributed by atoms with Crippen molar-refractivity contribution in [3.63, 3.8) is 0 Å². The second-order valence-electron chi connectivity index (χ2n) is 5.74.